The first-order chi connectivity index (χ1) is 9.35. The molecule has 2 atom stereocenters. The molecule has 2 aliphatic rings. The van der Waals surface area contributed by atoms with Crippen molar-refractivity contribution in [2.75, 3.05) is 11.9 Å². The summed E-state index contributed by atoms with van der Waals surface area (Å²) in [5.74, 6) is 0. The summed E-state index contributed by atoms with van der Waals surface area (Å²) in [5, 5.41) is 3.47. The summed E-state index contributed by atoms with van der Waals surface area (Å²) in [7, 11) is 2.10. The number of aromatic nitrogens is 1. The first-order valence-corrected chi connectivity index (χ1v) is 8.02. The third kappa shape index (κ3) is 1.85. The Kier molecular flexibility index (Phi) is 2.74. The lowest BCUT2D eigenvalue weighted by Crippen LogP contribution is -2.48. The van der Waals surface area contributed by atoms with Crippen molar-refractivity contribution in [3.8, 4) is 0 Å². The average molecular weight is 273 g/mol. The van der Waals surface area contributed by atoms with Gasteiger partial charge in [-0.15, -0.1) is 11.3 Å². The maximum Gasteiger partial charge on any atom is 0.0813 e. The van der Waals surface area contributed by atoms with Crippen LogP contribution in [-0.4, -0.2) is 30.2 Å². The number of hydrogen-bond donors (Lipinski definition) is 1. The molecule has 1 N–H and O–H groups in total. The van der Waals surface area contributed by atoms with Crippen LogP contribution >= 0.6 is 11.3 Å². The van der Waals surface area contributed by atoms with Gasteiger partial charge in [0.1, 0.15) is 0 Å². The fraction of sp³-hybridized carbons (Fsp3) is 0.533. The smallest absolute Gasteiger partial charge is 0.0813 e. The van der Waals surface area contributed by atoms with Crippen LogP contribution in [0.2, 0.25) is 0 Å². The standard InChI is InChI=1S/C15H19N3S/c1-16-10-6-11-2-3-12(7-10)18(11)13-4-5-14-15(8-13)19-9-17-14/h4-5,8-12,16H,2-3,6-7H2,1H3. The average Bonchev–Trinajstić information content (AvgIpc) is 3.00. The Bertz CT molecular complexity index is 580. The minimum Gasteiger partial charge on any atom is -0.365 e. The highest BCUT2D eigenvalue weighted by atomic mass is 32.1. The molecule has 3 heterocycles. The van der Waals surface area contributed by atoms with E-state index in [0.717, 1.165) is 17.6 Å². The fourth-order valence-corrected chi connectivity index (χ4v) is 4.55. The van der Waals surface area contributed by atoms with Crippen LogP contribution in [0.5, 0.6) is 0 Å². The van der Waals surface area contributed by atoms with E-state index in [0.29, 0.717) is 6.04 Å². The van der Waals surface area contributed by atoms with Crippen molar-refractivity contribution < 1.29 is 0 Å². The molecule has 2 aromatic rings. The van der Waals surface area contributed by atoms with Gasteiger partial charge in [0.2, 0.25) is 0 Å². The summed E-state index contributed by atoms with van der Waals surface area (Å²) in [6.07, 6.45) is 5.27. The van der Waals surface area contributed by atoms with Gasteiger partial charge in [0, 0.05) is 23.8 Å². The summed E-state index contributed by atoms with van der Waals surface area (Å²) < 4.78 is 1.31. The van der Waals surface area contributed by atoms with E-state index in [2.05, 4.69) is 40.4 Å². The molecule has 2 fully saturated rings. The second-order valence-electron chi connectivity index (χ2n) is 5.75. The van der Waals surface area contributed by atoms with E-state index >= 15 is 0 Å². The van der Waals surface area contributed by atoms with Crippen molar-refractivity contribution >= 4 is 27.2 Å². The first kappa shape index (κ1) is 11.7. The number of piperidine rings is 1. The van der Waals surface area contributed by atoms with Crippen LogP contribution in [0.25, 0.3) is 10.2 Å². The Labute approximate surface area is 117 Å². The van der Waals surface area contributed by atoms with Crippen LogP contribution in [0, 0.1) is 0 Å². The highest BCUT2D eigenvalue weighted by Crippen LogP contribution is 2.40. The Morgan fingerprint density at radius 2 is 2.05 bits per heavy atom. The molecule has 0 radical (unpaired) electrons. The lowest BCUT2D eigenvalue weighted by Gasteiger charge is -2.40. The van der Waals surface area contributed by atoms with Gasteiger partial charge in [-0.05, 0) is 50.9 Å². The summed E-state index contributed by atoms with van der Waals surface area (Å²) in [6.45, 7) is 0. The number of benzene rings is 1. The van der Waals surface area contributed by atoms with Gasteiger partial charge in [-0.2, -0.15) is 0 Å². The summed E-state index contributed by atoms with van der Waals surface area (Å²) in [6, 6.07) is 8.92. The van der Waals surface area contributed by atoms with Crippen LogP contribution < -0.4 is 10.2 Å². The zero-order chi connectivity index (χ0) is 12.8. The van der Waals surface area contributed by atoms with E-state index in [4.69, 9.17) is 0 Å². The predicted molar refractivity (Wildman–Crippen MR) is 81.0 cm³/mol. The number of hydrogen-bond acceptors (Lipinski definition) is 4. The van der Waals surface area contributed by atoms with Crippen LogP contribution in [-0.2, 0) is 0 Å². The van der Waals surface area contributed by atoms with Crippen molar-refractivity contribution in [2.45, 2.75) is 43.8 Å². The number of nitrogens with one attached hydrogen (secondary N) is 1. The van der Waals surface area contributed by atoms with Gasteiger partial charge in [-0.3, -0.25) is 0 Å². The van der Waals surface area contributed by atoms with Crippen LogP contribution in [0.3, 0.4) is 0 Å². The molecule has 0 saturated carbocycles. The van der Waals surface area contributed by atoms with Crippen molar-refractivity contribution in [1.82, 2.24) is 10.3 Å². The molecule has 19 heavy (non-hydrogen) atoms. The summed E-state index contributed by atoms with van der Waals surface area (Å²) in [5.41, 5.74) is 4.47. The molecule has 3 nitrogen and oxygen atoms in total. The minimum absolute atomic E-state index is 0.709. The molecule has 2 bridgehead atoms. The lowest BCUT2D eigenvalue weighted by atomic mass is 9.97. The molecule has 4 rings (SSSR count). The Hall–Kier alpha value is -1.13. The second kappa shape index (κ2) is 4.46. The molecule has 1 aromatic carbocycles. The molecular formula is C15H19N3S. The van der Waals surface area contributed by atoms with Gasteiger partial charge in [0.15, 0.2) is 0 Å². The highest BCUT2D eigenvalue weighted by molar-refractivity contribution is 7.16. The van der Waals surface area contributed by atoms with E-state index in [1.165, 1.54) is 36.1 Å². The lowest BCUT2D eigenvalue weighted by molar-refractivity contribution is 0.374. The van der Waals surface area contributed by atoms with E-state index in [-0.39, 0.29) is 0 Å². The van der Waals surface area contributed by atoms with Crippen LogP contribution in [0.1, 0.15) is 25.7 Å². The number of nitrogens with zero attached hydrogens (tertiary/aromatic N) is 2. The fourth-order valence-electron chi connectivity index (χ4n) is 3.84. The molecule has 4 heteroatoms. The number of fused-ring (bicyclic) bond motifs is 3. The zero-order valence-corrected chi connectivity index (χ0v) is 12.0. The normalized spacial score (nSPS) is 30.2. The van der Waals surface area contributed by atoms with E-state index in [1.54, 1.807) is 11.3 Å². The molecule has 0 amide bonds. The molecule has 2 aliphatic heterocycles. The third-order valence-electron chi connectivity index (χ3n) is 4.75. The predicted octanol–water partition coefficient (Wildman–Crippen LogP) is 3.02. The molecule has 0 aliphatic carbocycles. The zero-order valence-electron chi connectivity index (χ0n) is 11.2. The molecule has 2 saturated heterocycles. The highest BCUT2D eigenvalue weighted by Gasteiger charge is 2.40. The molecular weight excluding hydrogens is 254 g/mol. The van der Waals surface area contributed by atoms with Crippen molar-refractivity contribution in [3.63, 3.8) is 0 Å². The summed E-state index contributed by atoms with van der Waals surface area (Å²) >= 11 is 1.74. The number of rotatable bonds is 2. The monoisotopic (exact) mass is 273 g/mol. The largest absolute Gasteiger partial charge is 0.365 e. The van der Waals surface area contributed by atoms with Crippen molar-refractivity contribution in [3.05, 3.63) is 23.7 Å². The SMILES string of the molecule is CNC1CC2CCC(C1)N2c1ccc2ncsc2c1. The van der Waals surface area contributed by atoms with E-state index in [1.807, 2.05) is 5.51 Å². The van der Waals surface area contributed by atoms with Gasteiger partial charge >= 0.3 is 0 Å². The number of anilines is 1. The molecule has 0 spiro atoms. The van der Waals surface area contributed by atoms with Crippen LogP contribution in [0.15, 0.2) is 23.7 Å². The summed E-state index contributed by atoms with van der Waals surface area (Å²) in [4.78, 5) is 7.05. The van der Waals surface area contributed by atoms with Gasteiger partial charge in [-0.1, -0.05) is 0 Å². The molecule has 100 valence electrons. The van der Waals surface area contributed by atoms with Gasteiger partial charge in [0.05, 0.1) is 15.7 Å². The van der Waals surface area contributed by atoms with Gasteiger partial charge in [-0.25, -0.2) is 4.98 Å². The van der Waals surface area contributed by atoms with Crippen LogP contribution in [0.4, 0.5) is 5.69 Å². The second-order valence-corrected chi connectivity index (χ2v) is 6.64. The van der Waals surface area contributed by atoms with Crippen molar-refractivity contribution in [2.24, 2.45) is 0 Å². The van der Waals surface area contributed by atoms with Gasteiger partial charge in [0.25, 0.3) is 0 Å². The van der Waals surface area contributed by atoms with Gasteiger partial charge < -0.3 is 10.2 Å². The first-order valence-electron chi connectivity index (χ1n) is 7.14. The minimum atomic E-state index is 0.709. The third-order valence-corrected chi connectivity index (χ3v) is 5.55. The number of thiazole rings is 1. The Balaban J connectivity index is 1.68. The van der Waals surface area contributed by atoms with E-state index < -0.39 is 0 Å². The maximum absolute atomic E-state index is 4.37. The maximum atomic E-state index is 4.37. The quantitative estimate of drug-likeness (QED) is 0.911. The Morgan fingerprint density at radius 1 is 1.26 bits per heavy atom. The van der Waals surface area contributed by atoms with E-state index in [9.17, 15) is 0 Å². The Morgan fingerprint density at radius 3 is 2.79 bits per heavy atom. The topological polar surface area (TPSA) is 28.2 Å². The van der Waals surface area contributed by atoms with Crippen molar-refractivity contribution in [1.29, 1.82) is 0 Å². The molecule has 1 aromatic heterocycles. The molecule has 2 unspecified atom stereocenters.